The van der Waals surface area contributed by atoms with E-state index >= 15 is 0 Å². The molecule has 130 valence electrons. The molecule has 1 aromatic heterocycles. The smallest absolute Gasteiger partial charge is 0.295 e. The van der Waals surface area contributed by atoms with Crippen molar-refractivity contribution < 1.29 is 13.3 Å². The van der Waals surface area contributed by atoms with Crippen molar-refractivity contribution in [2.45, 2.75) is 25.7 Å². The van der Waals surface area contributed by atoms with Gasteiger partial charge >= 0.3 is 0 Å². The van der Waals surface area contributed by atoms with Crippen molar-refractivity contribution in [2.24, 2.45) is 0 Å². The van der Waals surface area contributed by atoms with E-state index in [0.29, 0.717) is 5.69 Å². The second-order valence-electron chi connectivity index (χ2n) is 5.11. The van der Waals surface area contributed by atoms with Gasteiger partial charge in [0.25, 0.3) is 11.2 Å². The molecule has 2 aromatic rings. The van der Waals surface area contributed by atoms with Crippen molar-refractivity contribution in [3.63, 3.8) is 0 Å². The molecule has 1 heterocycles. The lowest BCUT2D eigenvalue weighted by Crippen LogP contribution is -2.30. The molecule has 0 amide bonds. The zero-order valence-electron chi connectivity index (χ0n) is 13.5. The Labute approximate surface area is 138 Å². The van der Waals surface area contributed by atoms with Crippen LogP contribution in [-0.2, 0) is 10.0 Å². The summed E-state index contributed by atoms with van der Waals surface area (Å²) < 4.78 is 27.3. The second kappa shape index (κ2) is 6.57. The summed E-state index contributed by atoms with van der Waals surface area (Å²) in [5, 5.41) is 14.1. The molecule has 2 rings (SSSR count). The van der Waals surface area contributed by atoms with E-state index in [9.17, 15) is 23.3 Å². The number of hydrogen-bond donors (Lipinski definition) is 1. The van der Waals surface area contributed by atoms with Crippen LogP contribution in [0, 0.1) is 17.0 Å². The van der Waals surface area contributed by atoms with Gasteiger partial charge in [-0.2, -0.15) is 4.31 Å². The molecule has 1 aromatic carbocycles. The minimum absolute atomic E-state index is 0.0170. The van der Waals surface area contributed by atoms with Crippen LogP contribution in [0.15, 0.2) is 34.0 Å². The molecule has 24 heavy (non-hydrogen) atoms. The average Bonchev–Trinajstić information content (AvgIpc) is 2.86. The molecule has 0 aliphatic carbocycles. The van der Waals surface area contributed by atoms with E-state index in [4.69, 9.17) is 0 Å². The fraction of sp³-hybridized carbons (Fsp3) is 0.357. The number of nitro groups is 1. The SMILES string of the molecule is CCN(CC)S(=O)(=O)c1ccc(-n2[nH]c(C)cc2=O)c([N+](=O)[O-])c1. The van der Waals surface area contributed by atoms with E-state index < -0.39 is 26.2 Å². The van der Waals surface area contributed by atoms with E-state index in [1.165, 1.54) is 22.5 Å². The van der Waals surface area contributed by atoms with Crippen molar-refractivity contribution in [1.82, 2.24) is 14.1 Å². The van der Waals surface area contributed by atoms with Crippen LogP contribution >= 0.6 is 0 Å². The lowest BCUT2D eigenvalue weighted by molar-refractivity contribution is -0.384. The number of nitrogens with one attached hydrogen (secondary N) is 1. The number of nitro benzene ring substituents is 1. The highest BCUT2D eigenvalue weighted by Gasteiger charge is 2.26. The van der Waals surface area contributed by atoms with E-state index in [0.717, 1.165) is 10.7 Å². The third-order valence-electron chi connectivity index (χ3n) is 3.58. The largest absolute Gasteiger partial charge is 0.296 e. The van der Waals surface area contributed by atoms with Gasteiger partial charge in [0, 0.05) is 30.9 Å². The quantitative estimate of drug-likeness (QED) is 0.621. The molecule has 10 heteroatoms. The molecule has 0 aliphatic heterocycles. The summed E-state index contributed by atoms with van der Waals surface area (Å²) in [6, 6.07) is 4.79. The number of rotatable bonds is 6. The Balaban J connectivity index is 2.66. The summed E-state index contributed by atoms with van der Waals surface area (Å²) in [4.78, 5) is 22.4. The fourth-order valence-electron chi connectivity index (χ4n) is 2.40. The third-order valence-corrected chi connectivity index (χ3v) is 5.62. The number of sulfonamides is 1. The van der Waals surface area contributed by atoms with Gasteiger partial charge in [0.05, 0.1) is 9.82 Å². The second-order valence-corrected chi connectivity index (χ2v) is 7.05. The Kier molecular flexibility index (Phi) is 4.90. The zero-order valence-corrected chi connectivity index (χ0v) is 14.3. The number of hydrogen-bond acceptors (Lipinski definition) is 5. The highest BCUT2D eigenvalue weighted by molar-refractivity contribution is 7.89. The zero-order chi connectivity index (χ0) is 18.1. The first-order valence-corrected chi connectivity index (χ1v) is 8.74. The molecule has 0 bridgehead atoms. The van der Waals surface area contributed by atoms with E-state index in [-0.39, 0.29) is 23.7 Å². The Hall–Kier alpha value is -2.46. The maximum atomic E-state index is 12.5. The predicted molar refractivity (Wildman–Crippen MR) is 87.9 cm³/mol. The Morgan fingerprint density at radius 1 is 1.25 bits per heavy atom. The van der Waals surface area contributed by atoms with Crippen molar-refractivity contribution in [2.75, 3.05) is 13.1 Å². The minimum atomic E-state index is -3.83. The third kappa shape index (κ3) is 3.10. The first-order valence-electron chi connectivity index (χ1n) is 7.30. The van der Waals surface area contributed by atoms with Crippen LogP contribution in [0.5, 0.6) is 0 Å². The van der Waals surface area contributed by atoms with Crippen molar-refractivity contribution in [3.05, 3.63) is 50.4 Å². The van der Waals surface area contributed by atoms with Crippen molar-refractivity contribution in [1.29, 1.82) is 0 Å². The normalized spacial score (nSPS) is 11.8. The summed E-state index contributed by atoms with van der Waals surface area (Å²) >= 11 is 0. The molecular formula is C14H18N4O5S. The van der Waals surface area contributed by atoms with Gasteiger partial charge in [-0.25, -0.2) is 13.1 Å². The van der Waals surface area contributed by atoms with Gasteiger partial charge in [-0.05, 0) is 19.1 Å². The molecular weight excluding hydrogens is 336 g/mol. The van der Waals surface area contributed by atoms with Crippen LogP contribution in [0.3, 0.4) is 0 Å². The summed E-state index contributed by atoms with van der Waals surface area (Å²) in [7, 11) is -3.83. The number of benzene rings is 1. The van der Waals surface area contributed by atoms with Crippen molar-refractivity contribution >= 4 is 15.7 Å². The molecule has 1 N–H and O–H groups in total. The van der Waals surface area contributed by atoms with Gasteiger partial charge in [-0.15, -0.1) is 0 Å². The lowest BCUT2D eigenvalue weighted by atomic mass is 10.2. The number of aromatic nitrogens is 2. The topological polar surface area (TPSA) is 118 Å². The first kappa shape index (κ1) is 17.9. The molecule has 0 atom stereocenters. The van der Waals surface area contributed by atoms with Gasteiger partial charge in [0.1, 0.15) is 5.69 Å². The van der Waals surface area contributed by atoms with E-state index in [1.54, 1.807) is 20.8 Å². The van der Waals surface area contributed by atoms with E-state index in [2.05, 4.69) is 5.10 Å². The van der Waals surface area contributed by atoms with Gasteiger partial charge in [-0.3, -0.25) is 20.0 Å². The van der Waals surface area contributed by atoms with Gasteiger partial charge in [0.15, 0.2) is 0 Å². The number of nitrogens with zero attached hydrogens (tertiary/aromatic N) is 3. The number of aryl methyl sites for hydroxylation is 1. The van der Waals surface area contributed by atoms with Gasteiger partial charge < -0.3 is 0 Å². The Morgan fingerprint density at radius 3 is 2.33 bits per heavy atom. The molecule has 0 fully saturated rings. The summed E-state index contributed by atoms with van der Waals surface area (Å²) in [6.45, 7) is 5.52. The van der Waals surface area contributed by atoms with Crippen LogP contribution in [0.2, 0.25) is 0 Å². The van der Waals surface area contributed by atoms with Gasteiger partial charge in [-0.1, -0.05) is 13.8 Å². The maximum absolute atomic E-state index is 12.5. The van der Waals surface area contributed by atoms with Crippen LogP contribution < -0.4 is 5.56 Å². The van der Waals surface area contributed by atoms with Crippen molar-refractivity contribution in [3.8, 4) is 5.69 Å². The summed E-state index contributed by atoms with van der Waals surface area (Å²) in [5.41, 5.74) is -0.409. The molecule has 0 saturated heterocycles. The number of H-pyrrole nitrogens is 1. The highest BCUT2D eigenvalue weighted by atomic mass is 32.2. The van der Waals surface area contributed by atoms with Gasteiger partial charge in [0.2, 0.25) is 10.0 Å². The number of aromatic amines is 1. The standard InChI is InChI=1S/C14H18N4O5S/c1-4-16(5-2)24(22,23)11-6-7-12(13(9-11)18(20)21)17-14(19)8-10(3)15-17/h6-9,15H,4-5H2,1-3H3. The summed E-state index contributed by atoms with van der Waals surface area (Å²) in [6.07, 6.45) is 0. The molecule has 0 radical (unpaired) electrons. The molecule has 0 saturated carbocycles. The maximum Gasteiger partial charge on any atom is 0.296 e. The molecule has 0 spiro atoms. The molecule has 9 nitrogen and oxygen atoms in total. The van der Waals surface area contributed by atoms with Crippen LogP contribution in [0.4, 0.5) is 5.69 Å². The van der Waals surface area contributed by atoms with Crippen LogP contribution in [-0.4, -0.2) is 40.5 Å². The Bertz CT molecular complexity index is 925. The monoisotopic (exact) mass is 354 g/mol. The molecule has 0 aliphatic rings. The molecule has 0 unspecified atom stereocenters. The highest BCUT2D eigenvalue weighted by Crippen LogP contribution is 2.27. The Morgan fingerprint density at radius 2 is 1.88 bits per heavy atom. The van der Waals surface area contributed by atoms with Crippen LogP contribution in [0.25, 0.3) is 5.69 Å². The lowest BCUT2D eigenvalue weighted by Gasteiger charge is -2.18. The van der Waals surface area contributed by atoms with Crippen LogP contribution in [0.1, 0.15) is 19.5 Å². The summed E-state index contributed by atoms with van der Waals surface area (Å²) in [5.74, 6) is 0. The minimum Gasteiger partial charge on any atom is -0.295 e. The fourth-order valence-corrected chi connectivity index (χ4v) is 3.88. The average molecular weight is 354 g/mol. The van der Waals surface area contributed by atoms with E-state index in [1.807, 2.05) is 0 Å². The predicted octanol–water partition coefficient (Wildman–Crippen LogP) is 1.41. The first-order chi connectivity index (χ1) is 11.2.